The maximum atomic E-state index is 5.15. The lowest BCUT2D eigenvalue weighted by atomic mass is 9.95. The van der Waals surface area contributed by atoms with Gasteiger partial charge in [0.15, 0.2) is 0 Å². The normalized spacial score (nSPS) is 11.3. The lowest BCUT2D eigenvalue weighted by Gasteiger charge is -2.14. The largest absolute Gasteiger partial charge is 0.309 e. The first kappa shape index (κ1) is 28.4. The average molecular weight is 629 g/mol. The summed E-state index contributed by atoms with van der Waals surface area (Å²) in [6.45, 7) is 0. The molecule has 6 heteroatoms. The van der Waals surface area contributed by atoms with Crippen molar-refractivity contribution in [3.8, 4) is 62.0 Å². The maximum absolute atomic E-state index is 5.15. The number of hydrogen-bond acceptors (Lipinski definition) is 5. The monoisotopic (exact) mass is 628 g/mol. The molecule has 6 nitrogen and oxygen atoms in total. The van der Waals surface area contributed by atoms with Gasteiger partial charge in [-0.25, -0.2) is 4.98 Å². The highest BCUT2D eigenvalue weighted by atomic mass is 15.0. The van der Waals surface area contributed by atoms with Crippen LogP contribution in [0.3, 0.4) is 0 Å². The van der Waals surface area contributed by atoms with E-state index in [1.165, 1.54) is 5.39 Å². The average Bonchev–Trinajstić information content (AvgIpc) is 3.53. The molecule has 0 aliphatic carbocycles. The summed E-state index contributed by atoms with van der Waals surface area (Å²) in [4.78, 5) is 23.6. The second kappa shape index (κ2) is 12.1. The molecule has 0 aliphatic rings. The molecule has 0 bridgehead atoms. The fourth-order valence-electron chi connectivity index (χ4n) is 6.52. The Labute approximate surface area is 283 Å². The minimum Gasteiger partial charge on any atom is -0.309 e. The molecule has 0 fully saturated rings. The topological polar surface area (TPSA) is 69.4 Å². The van der Waals surface area contributed by atoms with Crippen molar-refractivity contribution in [2.75, 3.05) is 0 Å². The smallest absolute Gasteiger partial charge is 0.0899 e. The zero-order valence-corrected chi connectivity index (χ0v) is 26.3. The van der Waals surface area contributed by atoms with E-state index in [2.05, 4.69) is 109 Å². The number of aromatic nitrogens is 6. The molecule has 0 aliphatic heterocycles. The number of benzene rings is 3. The molecule has 6 heterocycles. The van der Waals surface area contributed by atoms with Gasteiger partial charge in [0.25, 0.3) is 0 Å². The van der Waals surface area contributed by atoms with Gasteiger partial charge in [-0.1, -0.05) is 48.5 Å². The van der Waals surface area contributed by atoms with Crippen molar-refractivity contribution in [2.24, 2.45) is 0 Å². The van der Waals surface area contributed by atoms with E-state index < -0.39 is 0 Å². The fourth-order valence-corrected chi connectivity index (χ4v) is 6.52. The number of fused-ring (bicyclic) bond motifs is 3. The van der Waals surface area contributed by atoms with Crippen molar-refractivity contribution in [3.63, 3.8) is 0 Å². The van der Waals surface area contributed by atoms with Crippen LogP contribution in [0.15, 0.2) is 171 Å². The first-order valence-corrected chi connectivity index (χ1v) is 16.1. The van der Waals surface area contributed by atoms with Gasteiger partial charge >= 0.3 is 0 Å². The quantitative estimate of drug-likeness (QED) is 0.183. The molecule has 0 saturated heterocycles. The van der Waals surface area contributed by atoms with Crippen molar-refractivity contribution in [1.29, 1.82) is 0 Å². The van der Waals surface area contributed by atoms with Gasteiger partial charge in [-0.3, -0.25) is 19.9 Å². The summed E-state index contributed by atoms with van der Waals surface area (Å²) in [5, 5.41) is 2.32. The number of hydrogen-bond donors (Lipinski definition) is 0. The van der Waals surface area contributed by atoms with Gasteiger partial charge in [0.05, 0.1) is 39.5 Å². The predicted octanol–water partition coefficient (Wildman–Crippen LogP) is 10.1. The summed E-state index contributed by atoms with van der Waals surface area (Å²) in [7, 11) is 0. The zero-order valence-electron chi connectivity index (χ0n) is 26.3. The maximum Gasteiger partial charge on any atom is 0.0899 e. The lowest BCUT2D eigenvalue weighted by Crippen LogP contribution is -1.96. The molecule has 0 atom stereocenters. The number of para-hydroxylation sites is 1. The third kappa shape index (κ3) is 5.31. The Bertz CT molecular complexity index is 2470. The minimum atomic E-state index is 0.801. The van der Waals surface area contributed by atoms with E-state index in [-0.39, 0.29) is 0 Å². The zero-order chi connectivity index (χ0) is 32.6. The molecule has 0 saturated carbocycles. The standard InChI is InChI=1S/C43H28N6/c1-2-13-42-35(9-1)36-28-44-22-18-43(36)49(42)34-16-14-29(15-17-34)40-26-31(27-41(48-40)39-12-5-8-21-47-39)30-23-32(37-10-3-6-19-45-37)25-33(24-30)38-11-4-7-20-46-38/h1-28H. The Hall–Kier alpha value is -6.79. The highest BCUT2D eigenvalue weighted by Gasteiger charge is 2.15. The SMILES string of the molecule is c1ccc(-c2cc(-c3cc(-c4ccc(-n5c6ccccc6c6cnccc65)cc4)nc(-c4ccccn4)c3)cc(-c3ccccn3)c2)nc1. The molecule has 9 rings (SSSR count). The van der Waals surface area contributed by atoms with Gasteiger partial charge in [0.2, 0.25) is 0 Å². The molecule has 49 heavy (non-hydrogen) atoms. The first-order chi connectivity index (χ1) is 24.3. The van der Waals surface area contributed by atoms with E-state index >= 15 is 0 Å². The molecule has 0 N–H and O–H groups in total. The van der Waals surface area contributed by atoms with E-state index in [0.29, 0.717) is 0 Å². The van der Waals surface area contributed by atoms with Gasteiger partial charge in [0, 0.05) is 64.1 Å². The molecule has 0 radical (unpaired) electrons. The molecule has 230 valence electrons. The number of rotatable bonds is 6. The molecular formula is C43H28N6. The van der Waals surface area contributed by atoms with Crippen LogP contribution in [0.25, 0.3) is 83.8 Å². The van der Waals surface area contributed by atoms with Crippen LogP contribution in [0, 0.1) is 0 Å². The highest BCUT2D eigenvalue weighted by Crippen LogP contribution is 2.36. The van der Waals surface area contributed by atoms with Crippen LogP contribution >= 0.6 is 0 Å². The Balaban J connectivity index is 1.20. The van der Waals surface area contributed by atoms with Crippen LogP contribution in [0.5, 0.6) is 0 Å². The van der Waals surface area contributed by atoms with Crippen molar-refractivity contribution in [3.05, 3.63) is 171 Å². The molecule has 0 amide bonds. The third-order valence-corrected chi connectivity index (χ3v) is 8.84. The van der Waals surface area contributed by atoms with Crippen LogP contribution < -0.4 is 0 Å². The summed E-state index contributed by atoms with van der Waals surface area (Å²) in [6, 6.07) is 47.9. The Kier molecular flexibility index (Phi) is 7.02. The third-order valence-electron chi connectivity index (χ3n) is 8.84. The van der Waals surface area contributed by atoms with Crippen LogP contribution in [-0.4, -0.2) is 29.5 Å². The van der Waals surface area contributed by atoms with Crippen molar-refractivity contribution >= 4 is 21.8 Å². The number of nitrogens with zero attached hydrogens (tertiary/aromatic N) is 6. The molecule has 0 unspecified atom stereocenters. The lowest BCUT2D eigenvalue weighted by molar-refractivity contribution is 1.17. The molecule has 6 aromatic heterocycles. The van der Waals surface area contributed by atoms with Crippen molar-refractivity contribution in [1.82, 2.24) is 29.5 Å². The molecule has 9 aromatic rings. The van der Waals surface area contributed by atoms with Gasteiger partial charge in [-0.15, -0.1) is 0 Å². The second-order valence-electron chi connectivity index (χ2n) is 11.9. The van der Waals surface area contributed by atoms with Gasteiger partial charge < -0.3 is 4.57 Å². The minimum absolute atomic E-state index is 0.801. The second-order valence-corrected chi connectivity index (χ2v) is 11.9. The Morgan fingerprint density at radius 2 is 0.939 bits per heavy atom. The summed E-state index contributed by atoms with van der Waals surface area (Å²) in [5.74, 6) is 0. The van der Waals surface area contributed by atoms with Crippen molar-refractivity contribution < 1.29 is 0 Å². The summed E-state index contributed by atoms with van der Waals surface area (Å²) in [6.07, 6.45) is 9.25. The van der Waals surface area contributed by atoms with E-state index in [1.807, 2.05) is 79.4 Å². The van der Waals surface area contributed by atoms with E-state index in [4.69, 9.17) is 4.98 Å². The summed E-state index contributed by atoms with van der Waals surface area (Å²) < 4.78 is 2.29. The highest BCUT2D eigenvalue weighted by molar-refractivity contribution is 6.08. The van der Waals surface area contributed by atoms with E-state index in [9.17, 15) is 0 Å². The van der Waals surface area contributed by atoms with E-state index in [1.54, 1.807) is 6.20 Å². The van der Waals surface area contributed by atoms with Crippen molar-refractivity contribution in [2.45, 2.75) is 0 Å². The van der Waals surface area contributed by atoms with Crippen LogP contribution in [0.1, 0.15) is 0 Å². The summed E-state index contributed by atoms with van der Waals surface area (Å²) >= 11 is 0. The van der Waals surface area contributed by atoms with Gasteiger partial charge in [-0.2, -0.15) is 0 Å². The number of pyridine rings is 5. The molecule has 3 aromatic carbocycles. The Morgan fingerprint density at radius 3 is 1.61 bits per heavy atom. The van der Waals surface area contributed by atoms with Crippen LogP contribution in [0.2, 0.25) is 0 Å². The molecule has 0 spiro atoms. The van der Waals surface area contributed by atoms with Gasteiger partial charge in [-0.05, 0) is 102 Å². The predicted molar refractivity (Wildman–Crippen MR) is 197 cm³/mol. The Morgan fingerprint density at radius 1 is 0.367 bits per heavy atom. The van der Waals surface area contributed by atoms with Gasteiger partial charge in [0.1, 0.15) is 0 Å². The molecular weight excluding hydrogens is 601 g/mol. The van der Waals surface area contributed by atoms with E-state index in [0.717, 1.165) is 78.4 Å². The summed E-state index contributed by atoms with van der Waals surface area (Å²) in [5.41, 5.74) is 12.7. The van der Waals surface area contributed by atoms with Crippen LogP contribution in [-0.2, 0) is 0 Å². The fraction of sp³-hybridized carbons (Fsp3) is 0. The van der Waals surface area contributed by atoms with Crippen LogP contribution in [0.4, 0.5) is 0 Å². The first-order valence-electron chi connectivity index (χ1n) is 16.1.